The molecule has 0 saturated carbocycles. The van der Waals surface area contributed by atoms with Gasteiger partial charge in [0.2, 0.25) is 0 Å². The molecular formula is C30H31N3O2. The molecule has 1 N–H and O–H groups in total. The van der Waals surface area contributed by atoms with Crippen molar-refractivity contribution in [2.45, 2.75) is 26.6 Å². The van der Waals surface area contributed by atoms with Crippen molar-refractivity contribution in [3.8, 4) is 11.1 Å². The second-order valence-electron chi connectivity index (χ2n) is 9.12. The number of amides is 1. The van der Waals surface area contributed by atoms with Crippen LogP contribution in [0.1, 0.15) is 32.6 Å². The van der Waals surface area contributed by atoms with Gasteiger partial charge in [0.05, 0.1) is 6.54 Å². The summed E-state index contributed by atoms with van der Waals surface area (Å²) in [5.41, 5.74) is 6.41. The van der Waals surface area contributed by atoms with Crippen LogP contribution in [-0.2, 0) is 19.6 Å². The SMILES string of the molecule is Cc1cccc(Cn2cccc(C(=O)NCc3ccccc3-c3ccc(CN(C)C)cc3)c2=O)c1. The quantitative estimate of drug-likeness (QED) is 0.404. The van der Waals surface area contributed by atoms with Crippen molar-refractivity contribution in [3.63, 3.8) is 0 Å². The van der Waals surface area contributed by atoms with Crippen LogP contribution in [0.25, 0.3) is 11.1 Å². The first-order valence-corrected chi connectivity index (χ1v) is 11.8. The highest BCUT2D eigenvalue weighted by atomic mass is 16.2. The molecule has 0 spiro atoms. The van der Waals surface area contributed by atoms with Crippen molar-refractivity contribution in [1.82, 2.24) is 14.8 Å². The van der Waals surface area contributed by atoms with E-state index in [9.17, 15) is 9.59 Å². The maximum atomic E-state index is 13.0. The van der Waals surface area contributed by atoms with Gasteiger partial charge in [-0.25, -0.2) is 0 Å². The fourth-order valence-electron chi connectivity index (χ4n) is 4.22. The number of carbonyl (C=O) groups excluding carboxylic acids is 1. The van der Waals surface area contributed by atoms with E-state index in [1.165, 1.54) is 5.56 Å². The number of hydrogen-bond donors (Lipinski definition) is 1. The number of rotatable bonds is 8. The molecule has 4 rings (SSSR count). The van der Waals surface area contributed by atoms with Crippen LogP contribution < -0.4 is 10.9 Å². The summed E-state index contributed by atoms with van der Waals surface area (Å²) in [5.74, 6) is -0.371. The largest absolute Gasteiger partial charge is 0.348 e. The van der Waals surface area contributed by atoms with Gasteiger partial charge in [0.15, 0.2) is 0 Å². The Hall–Kier alpha value is -3.96. The molecule has 5 heteroatoms. The zero-order valence-corrected chi connectivity index (χ0v) is 20.5. The molecule has 0 fully saturated rings. The predicted octanol–water partition coefficient (Wildman–Crippen LogP) is 4.86. The van der Waals surface area contributed by atoms with E-state index < -0.39 is 0 Å². The standard InChI is InChI=1S/C30H31N3O2/c1-22-8-6-9-24(18-22)21-33-17-7-12-28(30(33)35)29(34)31-19-26-10-4-5-11-27(26)25-15-13-23(14-16-25)20-32(2)3/h4-18H,19-21H2,1-3H3,(H,31,34). The molecule has 35 heavy (non-hydrogen) atoms. The van der Waals surface area contributed by atoms with E-state index in [0.717, 1.165) is 34.4 Å². The average molecular weight is 466 g/mol. The molecule has 0 bridgehead atoms. The van der Waals surface area contributed by atoms with Crippen LogP contribution in [0.15, 0.2) is 95.9 Å². The first kappa shape index (κ1) is 24.2. The summed E-state index contributed by atoms with van der Waals surface area (Å²) in [7, 11) is 4.10. The van der Waals surface area contributed by atoms with Gasteiger partial charge in [0.25, 0.3) is 11.5 Å². The molecule has 0 radical (unpaired) electrons. The topological polar surface area (TPSA) is 54.3 Å². The van der Waals surface area contributed by atoms with Gasteiger partial charge < -0.3 is 14.8 Å². The number of nitrogens with zero attached hydrogens (tertiary/aromatic N) is 2. The van der Waals surface area contributed by atoms with Crippen LogP contribution in [0.3, 0.4) is 0 Å². The summed E-state index contributed by atoms with van der Waals surface area (Å²) in [6, 6.07) is 27.8. The van der Waals surface area contributed by atoms with Gasteiger partial charge in [-0.3, -0.25) is 9.59 Å². The number of aryl methyl sites for hydroxylation is 1. The van der Waals surface area contributed by atoms with Crippen molar-refractivity contribution in [2.75, 3.05) is 14.1 Å². The predicted molar refractivity (Wildman–Crippen MR) is 141 cm³/mol. The number of aromatic nitrogens is 1. The van der Waals surface area contributed by atoms with Gasteiger partial charge in [-0.15, -0.1) is 0 Å². The lowest BCUT2D eigenvalue weighted by Crippen LogP contribution is -2.32. The lowest BCUT2D eigenvalue weighted by Gasteiger charge is -2.13. The minimum atomic E-state index is -0.371. The van der Waals surface area contributed by atoms with Crippen molar-refractivity contribution < 1.29 is 4.79 Å². The molecule has 0 atom stereocenters. The van der Waals surface area contributed by atoms with Crippen molar-refractivity contribution in [2.24, 2.45) is 0 Å². The fraction of sp³-hybridized carbons (Fsp3) is 0.200. The van der Waals surface area contributed by atoms with E-state index in [-0.39, 0.29) is 17.0 Å². The molecule has 1 heterocycles. The zero-order valence-electron chi connectivity index (χ0n) is 20.5. The van der Waals surface area contributed by atoms with Gasteiger partial charge in [-0.2, -0.15) is 0 Å². The molecule has 0 unspecified atom stereocenters. The van der Waals surface area contributed by atoms with E-state index in [0.29, 0.717) is 13.1 Å². The highest BCUT2D eigenvalue weighted by Crippen LogP contribution is 2.24. The summed E-state index contributed by atoms with van der Waals surface area (Å²) in [5, 5.41) is 2.94. The number of pyridine rings is 1. The molecule has 178 valence electrons. The summed E-state index contributed by atoms with van der Waals surface area (Å²) in [6.07, 6.45) is 1.72. The first-order valence-electron chi connectivity index (χ1n) is 11.8. The van der Waals surface area contributed by atoms with Gasteiger partial charge in [-0.05, 0) is 61.0 Å². The third kappa shape index (κ3) is 6.14. The molecule has 1 amide bonds. The summed E-state index contributed by atoms with van der Waals surface area (Å²) in [6.45, 7) is 3.66. The molecule has 0 aliphatic heterocycles. The van der Waals surface area contributed by atoms with Crippen LogP contribution in [0.4, 0.5) is 0 Å². The Kier molecular flexibility index (Phi) is 7.58. The van der Waals surface area contributed by atoms with Crippen molar-refractivity contribution >= 4 is 5.91 Å². The van der Waals surface area contributed by atoms with Gasteiger partial charge >= 0.3 is 0 Å². The van der Waals surface area contributed by atoms with E-state index in [1.807, 2.05) is 49.4 Å². The maximum absolute atomic E-state index is 13.0. The summed E-state index contributed by atoms with van der Waals surface area (Å²) >= 11 is 0. The van der Waals surface area contributed by atoms with Crippen LogP contribution in [0.5, 0.6) is 0 Å². The second-order valence-corrected chi connectivity index (χ2v) is 9.12. The Bertz CT molecular complexity index is 1370. The van der Waals surface area contributed by atoms with Crippen LogP contribution in [-0.4, -0.2) is 29.5 Å². The van der Waals surface area contributed by atoms with Crippen LogP contribution >= 0.6 is 0 Å². The number of benzene rings is 3. The van der Waals surface area contributed by atoms with Gasteiger partial charge in [0.1, 0.15) is 5.56 Å². The zero-order chi connectivity index (χ0) is 24.8. The smallest absolute Gasteiger partial charge is 0.263 e. The van der Waals surface area contributed by atoms with Crippen LogP contribution in [0.2, 0.25) is 0 Å². The minimum absolute atomic E-state index is 0.144. The van der Waals surface area contributed by atoms with Gasteiger partial charge in [-0.1, -0.05) is 78.4 Å². The fourth-order valence-corrected chi connectivity index (χ4v) is 4.22. The molecule has 4 aromatic rings. The molecule has 3 aromatic carbocycles. The monoisotopic (exact) mass is 465 g/mol. The normalized spacial score (nSPS) is 11.0. The van der Waals surface area contributed by atoms with Crippen molar-refractivity contribution in [1.29, 1.82) is 0 Å². The van der Waals surface area contributed by atoms with Crippen LogP contribution in [0, 0.1) is 6.92 Å². The second kappa shape index (κ2) is 11.0. The third-order valence-corrected chi connectivity index (χ3v) is 5.92. The summed E-state index contributed by atoms with van der Waals surface area (Å²) in [4.78, 5) is 28.1. The third-order valence-electron chi connectivity index (χ3n) is 5.92. The Morgan fingerprint density at radius 1 is 0.886 bits per heavy atom. The van der Waals surface area contributed by atoms with Gasteiger partial charge in [0, 0.05) is 19.3 Å². The molecule has 0 saturated heterocycles. The minimum Gasteiger partial charge on any atom is -0.348 e. The molecule has 0 aliphatic carbocycles. The highest BCUT2D eigenvalue weighted by molar-refractivity contribution is 5.93. The van der Waals surface area contributed by atoms with E-state index >= 15 is 0 Å². The Labute approximate surface area is 206 Å². The number of carbonyl (C=O) groups is 1. The molecule has 1 aromatic heterocycles. The maximum Gasteiger partial charge on any atom is 0.263 e. The molecule has 5 nitrogen and oxygen atoms in total. The lowest BCUT2D eigenvalue weighted by atomic mass is 9.98. The Morgan fingerprint density at radius 2 is 1.66 bits per heavy atom. The van der Waals surface area contributed by atoms with E-state index in [2.05, 4.69) is 54.6 Å². The Morgan fingerprint density at radius 3 is 2.40 bits per heavy atom. The number of hydrogen-bond acceptors (Lipinski definition) is 3. The van der Waals surface area contributed by atoms with E-state index in [1.54, 1.807) is 22.9 Å². The first-order chi connectivity index (χ1) is 16.9. The van der Waals surface area contributed by atoms with E-state index in [4.69, 9.17) is 0 Å². The lowest BCUT2D eigenvalue weighted by molar-refractivity contribution is 0.0949. The molecule has 0 aliphatic rings. The number of nitrogens with one attached hydrogen (secondary N) is 1. The van der Waals surface area contributed by atoms with Crippen molar-refractivity contribution in [3.05, 3.63) is 129 Å². The Balaban J connectivity index is 1.49. The highest BCUT2D eigenvalue weighted by Gasteiger charge is 2.13. The molecular weight excluding hydrogens is 434 g/mol. The average Bonchev–Trinajstić information content (AvgIpc) is 2.84. The summed E-state index contributed by atoms with van der Waals surface area (Å²) < 4.78 is 1.58.